The van der Waals surface area contributed by atoms with Crippen LogP contribution in [0.25, 0.3) is 0 Å². The summed E-state index contributed by atoms with van der Waals surface area (Å²) in [5.74, 6) is 0.400. The first-order valence-corrected chi connectivity index (χ1v) is 9.69. The fourth-order valence-corrected chi connectivity index (χ4v) is 3.25. The molecule has 0 radical (unpaired) electrons. The van der Waals surface area contributed by atoms with E-state index in [0.29, 0.717) is 23.2 Å². The highest BCUT2D eigenvalue weighted by Crippen LogP contribution is 2.20. The minimum absolute atomic E-state index is 0.150. The number of nitrogens with zero attached hydrogens (tertiary/aromatic N) is 2. The van der Waals surface area contributed by atoms with E-state index in [1.807, 2.05) is 19.9 Å². The molecule has 0 spiro atoms. The van der Waals surface area contributed by atoms with E-state index in [9.17, 15) is 9.18 Å². The van der Waals surface area contributed by atoms with Crippen molar-refractivity contribution < 1.29 is 13.9 Å². The zero-order valence-electron chi connectivity index (χ0n) is 15.6. The predicted octanol–water partition coefficient (Wildman–Crippen LogP) is 4.54. The van der Waals surface area contributed by atoms with Gasteiger partial charge in [-0.05, 0) is 49.7 Å². The number of thioether (sulfide) groups is 1. The van der Waals surface area contributed by atoms with Gasteiger partial charge in [0.05, 0.1) is 5.75 Å². The SMILES string of the molecule is Cc1cc(C)nc(SCC(=O)Nc2cccc(OCc3ccc(F)cc3)c2)n1. The van der Waals surface area contributed by atoms with Crippen LogP contribution in [0.3, 0.4) is 0 Å². The fraction of sp³-hybridized carbons (Fsp3) is 0.190. The number of rotatable bonds is 7. The van der Waals surface area contributed by atoms with E-state index in [4.69, 9.17) is 4.74 Å². The summed E-state index contributed by atoms with van der Waals surface area (Å²) in [5.41, 5.74) is 3.26. The van der Waals surface area contributed by atoms with Crippen LogP contribution in [0.15, 0.2) is 59.8 Å². The van der Waals surface area contributed by atoms with Crippen molar-refractivity contribution in [3.8, 4) is 5.75 Å². The Balaban J connectivity index is 1.53. The zero-order chi connectivity index (χ0) is 19.9. The highest BCUT2D eigenvalue weighted by Gasteiger charge is 2.07. The van der Waals surface area contributed by atoms with Crippen LogP contribution in [0.5, 0.6) is 5.75 Å². The number of carbonyl (C=O) groups excluding carboxylic acids is 1. The maximum absolute atomic E-state index is 12.9. The molecule has 1 N–H and O–H groups in total. The van der Waals surface area contributed by atoms with Crippen LogP contribution >= 0.6 is 11.8 Å². The quantitative estimate of drug-likeness (QED) is 0.468. The molecule has 0 aliphatic carbocycles. The van der Waals surface area contributed by atoms with E-state index in [-0.39, 0.29) is 17.5 Å². The van der Waals surface area contributed by atoms with Crippen molar-refractivity contribution in [2.75, 3.05) is 11.1 Å². The van der Waals surface area contributed by atoms with Gasteiger partial charge in [0.15, 0.2) is 5.16 Å². The lowest BCUT2D eigenvalue weighted by atomic mass is 10.2. The van der Waals surface area contributed by atoms with Gasteiger partial charge in [0.25, 0.3) is 0 Å². The van der Waals surface area contributed by atoms with Crippen molar-refractivity contribution in [1.29, 1.82) is 0 Å². The minimum Gasteiger partial charge on any atom is -0.489 e. The molecule has 0 bridgehead atoms. The van der Waals surface area contributed by atoms with Crippen LogP contribution in [-0.4, -0.2) is 21.6 Å². The average molecular weight is 397 g/mol. The summed E-state index contributed by atoms with van der Waals surface area (Å²) in [6, 6.07) is 15.2. The molecule has 2 aromatic carbocycles. The highest BCUT2D eigenvalue weighted by atomic mass is 32.2. The van der Waals surface area contributed by atoms with Gasteiger partial charge in [-0.2, -0.15) is 0 Å². The van der Waals surface area contributed by atoms with Crippen LogP contribution in [0, 0.1) is 19.7 Å². The molecule has 1 amide bonds. The van der Waals surface area contributed by atoms with Gasteiger partial charge in [0.2, 0.25) is 5.91 Å². The Bertz CT molecular complexity index is 944. The minimum atomic E-state index is -0.280. The lowest BCUT2D eigenvalue weighted by molar-refractivity contribution is -0.113. The Morgan fingerprint density at radius 1 is 1.07 bits per heavy atom. The number of benzene rings is 2. The molecule has 0 saturated heterocycles. The smallest absolute Gasteiger partial charge is 0.234 e. The van der Waals surface area contributed by atoms with E-state index in [0.717, 1.165) is 17.0 Å². The third-order valence-electron chi connectivity index (χ3n) is 3.73. The number of anilines is 1. The van der Waals surface area contributed by atoms with E-state index in [1.165, 1.54) is 23.9 Å². The second kappa shape index (κ2) is 9.32. The van der Waals surface area contributed by atoms with Gasteiger partial charge in [-0.1, -0.05) is 30.0 Å². The monoisotopic (exact) mass is 397 g/mol. The van der Waals surface area contributed by atoms with Gasteiger partial charge < -0.3 is 10.1 Å². The summed E-state index contributed by atoms with van der Waals surface area (Å²) in [7, 11) is 0. The second-order valence-electron chi connectivity index (χ2n) is 6.21. The topological polar surface area (TPSA) is 64.1 Å². The number of nitrogens with one attached hydrogen (secondary N) is 1. The van der Waals surface area contributed by atoms with Gasteiger partial charge in [-0.15, -0.1) is 0 Å². The fourth-order valence-electron chi connectivity index (χ4n) is 2.50. The van der Waals surface area contributed by atoms with Gasteiger partial charge >= 0.3 is 0 Å². The van der Waals surface area contributed by atoms with Crippen molar-refractivity contribution in [2.24, 2.45) is 0 Å². The molecule has 1 heterocycles. The standard InChI is InChI=1S/C21H20FN3O2S/c1-14-10-15(2)24-21(23-14)28-13-20(26)25-18-4-3-5-19(11-18)27-12-16-6-8-17(22)9-7-16/h3-11H,12-13H2,1-2H3,(H,25,26). The molecule has 5 nitrogen and oxygen atoms in total. The van der Waals surface area contributed by atoms with Crippen molar-refractivity contribution in [1.82, 2.24) is 9.97 Å². The van der Waals surface area contributed by atoms with E-state index in [2.05, 4.69) is 15.3 Å². The summed E-state index contributed by atoms with van der Waals surface area (Å²) in [5, 5.41) is 3.43. The highest BCUT2D eigenvalue weighted by molar-refractivity contribution is 7.99. The first kappa shape index (κ1) is 19.8. The lowest BCUT2D eigenvalue weighted by Crippen LogP contribution is -2.14. The number of hydrogen-bond donors (Lipinski definition) is 1. The van der Waals surface area contributed by atoms with Crippen molar-refractivity contribution in [3.05, 3.63) is 77.4 Å². The normalized spacial score (nSPS) is 10.5. The number of amides is 1. The van der Waals surface area contributed by atoms with Crippen LogP contribution in [0.4, 0.5) is 10.1 Å². The Labute approximate surface area is 167 Å². The van der Waals surface area contributed by atoms with Crippen LogP contribution in [-0.2, 0) is 11.4 Å². The second-order valence-corrected chi connectivity index (χ2v) is 7.16. The summed E-state index contributed by atoms with van der Waals surface area (Å²) in [6.07, 6.45) is 0. The molecule has 0 saturated carbocycles. The molecular formula is C21H20FN3O2S. The van der Waals surface area contributed by atoms with Gasteiger partial charge in [-0.25, -0.2) is 14.4 Å². The molecule has 144 valence electrons. The number of halogens is 1. The zero-order valence-corrected chi connectivity index (χ0v) is 16.4. The largest absolute Gasteiger partial charge is 0.489 e. The Morgan fingerprint density at radius 2 is 1.79 bits per heavy atom. The van der Waals surface area contributed by atoms with Gasteiger partial charge in [0.1, 0.15) is 18.2 Å². The molecule has 0 atom stereocenters. The summed E-state index contributed by atoms with van der Waals surface area (Å²) < 4.78 is 18.7. The summed E-state index contributed by atoms with van der Waals surface area (Å²) in [4.78, 5) is 20.8. The van der Waals surface area contributed by atoms with Crippen LogP contribution in [0.1, 0.15) is 17.0 Å². The first-order valence-electron chi connectivity index (χ1n) is 8.70. The van der Waals surface area contributed by atoms with Gasteiger partial charge in [-0.3, -0.25) is 4.79 Å². The predicted molar refractivity (Wildman–Crippen MR) is 108 cm³/mol. The average Bonchev–Trinajstić information content (AvgIpc) is 2.66. The Hall–Kier alpha value is -2.93. The van der Waals surface area contributed by atoms with Crippen molar-refractivity contribution >= 4 is 23.4 Å². The summed E-state index contributed by atoms with van der Waals surface area (Å²) in [6.45, 7) is 4.12. The lowest BCUT2D eigenvalue weighted by Gasteiger charge is -2.09. The third kappa shape index (κ3) is 6.06. The molecule has 0 aliphatic heterocycles. The molecule has 1 aromatic heterocycles. The van der Waals surface area contributed by atoms with E-state index < -0.39 is 0 Å². The molecular weight excluding hydrogens is 377 g/mol. The molecule has 0 fully saturated rings. The number of hydrogen-bond acceptors (Lipinski definition) is 5. The van der Waals surface area contributed by atoms with Crippen LogP contribution < -0.4 is 10.1 Å². The first-order chi connectivity index (χ1) is 13.5. The number of ether oxygens (including phenoxy) is 1. The van der Waals surface area contributed by atoms with Crippen molar-refractivity contribution in [3.63, 3.8) is 0 Å². The Kier molecular flexibility index (Phi) is 6.60. The number of aryl methyl sites for hydroxylation is 2. The molecule has 0 aliphatic rings. The maximum atomic E-state index is 12.9. The third-order valence-corrected chi connectivity index (χ3v) is 4.58. The van der Waals surface area contributed by atoms with Crippen molar-refractivity contribution in [2.45, 2.75) is 25.6 Å². The molecule has 3 aromatic rings. The summed E-state index contributed by atoms with van der Waals surface area (Å²) >= 11 is 1.29. The maximum Gasteiger partial charge on any atom is 0.234 e. The number of aromatic nitrogens is 2. The van der Waals surface area contributed by atoms with E-state index in [1.54, 1.807) is 36.4 Å². The molecule has 0 unspecified atom stereocenters. The molecule has 3 rings (SSSR count). The number of carbonyl (C=O) groups is 1. The van der Waals surface area contributed by atoms with Gasteiger partial charge in [0, 0.05) is 23.1 Å². The van der Waals surface area contributed by atoms with Crippen LogP contribution in [0.2, 0.25) is 0 Å². The molecule has 7 heteroatoms. The van der Waals surface area contributed by atoms with E-state index >= 15 is 0 Å². The molecule has 28 heavy (non-hydrogen) atoms. The Morgan fingerprint density at radius 3 is 2.50 bits per heavy atom.